The Morgan fingerprint density at radius 2 is 2.31 bits per heavy atom. The van der Waals surface area contributed by atoms with E-state index in [2.05, 4.69) is 10.6 Å². The molecule has 0 aromatic heterocycles. The topological polar surface area (TPSA) is 70.6 Å². The number of amides is 2. The average molecular weight is 230 g/mol. The molecule has 94 valence electrons. The highest BCUT2D eigenvalue weighted by Gasteiger charge is 2.20. The summed E-state index contributed by atoms with van der Waals surface area (Å²) in [5.74, 6) is 0.317. The number of aliphatic hydroxyl groups excluding tert-OH is 1. The molecule has 0 aromatic carbocycles. The Bertz CT molecular complexity index is 215. The van der Waals surface area contributed by atoms with Crippen molar-refractivity contribution in [3.63, 3.8) is 0 Å². The van der Waals surface area contributed by atoms with Gasteiger partial charge in [0.05, 0.1) is 12.6 Å². The van der Waals surface area contributed by atoms with E-state index in [1.54, 1.807) is 0 Å². The number of nitrogens with one attached hydrogen (secondary N) is 2. The largest absolute Gasteiger partial charge is 0.396 e. The van der Waals surface area contributed by atoms with E-state index in [0.717, 1.165) is 13.0 Å². The fourth-order valence-electron chi connectivity index (χ4n) is 1.76. The van der Waals surface area contributed by atoms with Crippen LogP contribution in [0, 0.1) is 5.92 Å². The molecule has 1 fully saturated rings. The summed E-state index contributed by atoms with van der Waals surface area (Å²) in [4.78, 5) is 11.6. The lowest BCUT2D eigenvalue weighted by Gasteiger charge is -2.22. The summed E-state index contributed by atoms with van der Waals surface area (Å²) in [6.45, 7) is 5.46. The van der Waals surface area contributed by atoms with Crippen LogP contribution < -0.4 is 10.6 Å². The van der Waals surface area contributed by atoms with Crippen LogP contribution in [-0.4, -0.2) is 43.0 Å². The molecule has 16 heavy (non-hydrogen) atoms. The molecule has 0 bridgehead atoms. The van der Waals surface area contributed by atoms with E-state index in [9.17, 15) is 4.79 Å². The van der Waals surface area contributed by atoms with Gasteiger partial charge in [-0.1, -0.05) is 13.8 Å². The summed E-state index contributed by atoms with van der Waals surface area (Å²) >= 11 is 0. The first-order chi connectivity index (χ1) is 7.63. The lowest BCUT2D eigenvalue weighted by Crippen LogP contribution is -2.48. The SMILES string of the molecule is CC(C)C(CCO)NC(=O)NC1CCOC1. The van der Waals surface area contributed by atoms with Gasteiger partial charge < -0.3 is 20.5 Å². The molecule has 0 spiro atoms. The van der Waals surface area contributed by atoms with Crippen molar-refractivity contribution in [2.45, 2.75) is 38.8 Å². The minimum Gasteiger partial charge on any atom is -0.396 e. The van der Waals surface area contributed by atoms with Crippen LogP contribution in [0.1, 0.15) is 26.7 Å². The molecule has 1 aliphatic heterocycles. The van der Waals surface area contributed by atoms with Crippen LogP contribution in [0.25, 0.3) is 0 Å². The molecule has 1 aliphatic rings. The fourth-order valence-corrected chi connectivity index (χ4v) is 1.76. The molecular weight excluding hydrogens is 208 g/mol. The van der Waals surface area contributed by atoms with Gasteiger partial charge in [-0.05, 0) is 18.8 Å². The molecule has 1 rings (SSSR count). The molecule has 5 nitrogen and oxygen atoms in total. The van der Waals surface area contributed by atoms with Gasteiger partial charge in [0.2, 0.25) is 0 Å². The monoisotopic (exact) mass is 230 g/mol. The summed E-state index contributed by atoms with van der Waals surface area (Å²) in [5, 5.41) is 14.6. The van der Waals surface area contributed by atoms with E-state index in [4.69, 9.17) is 9.84 Å². The highest BCUT2D eigenvalue weighted by molar-refractivity contribution is 5.74. The van der Waals surface area contributed by atoms with E-state index < -0.39 is 0 Å². The van der Waals surface area contributed by atoms with Crippen molar-refractivity contribution in [1.82, 2.24) is 10.6 Å². The molecule has 2 atom stereocenters. The first kappa shape index (κ1) is 13.3. The van der Waals surface area contributed by atoms with Crippen molar-refractivity contribution in [2.75, 3.05) is 19.8 Å². The number of rotatable bonds is 5. The van der Waals surface area contributed by atoms with Crippen LogP contribution in [0.5, 0.6) is 0 Å². The number of hydrogen-bond donors (Lipinski definition) is 3. The Balaban J connectivity index is 2.29. The fraction of sp³-hybridized carbons (Fsp3) is 0.909. The molecule has 0 aliphatic carbocycles. The Morgan fingerprint density at radius 1 is 1.56 bits per heavy atom. The van der Waals surface area contributed by atoms with Gasteiger partial charge in [0.1, 0.15) is 0 Å². The van der Waals surface area contributed by atoms with Gasteiger partial charge in [-0.15, -0.1) is 0 Å². The minimum absolute atomic E-state index is 0.0207. The summed E-state index contributed by atoms with van der Waals surface area (Å²) in [6.07, 6.45) is 1.46. The van der Waals surface area contributed by atoms with Crippen LogP contribution in [0.4, 0.5) is 4.79 Å². The number of ether oxygens (including phenoxy) is 1. The van der Waals surface area contributed by atoms with Crippen molar-refractivity contribution < 1.29 is 14.6 Å². The van der Waals surface area contributed by atoms with E-state index >= 15 is 0 Å². The number of hydrogen-bond acceptors (Lipinski definition) is 3. The van der Waals surface area contributed by atoms with E-state index in [0.29, 0.717) is 18.9 Å². The molecule has 2 unspecified atom stereocenters. The maximum Gasteiger partial charge on any atom is 0.315 e. The van der Waals surface area contributed by atoms with E-state index in [1.165, 1.54) is 0 Å². The van der Waals surface area contributed by atoms with E-state index in [-0.39, 0.29) is 24.7 Å². The Labute approximate surface area is 96.6 Å². The Hall–Kier alpha value is -0.810. The second-order valence-electron chi connectivity index (χ2n) is 4.54. The molecule has 1 saturated heterocycles. The second kappa shape index (κ2) is 6.70. The summed E-state index contributed by atoms with van der Waals surface area (Å²) < 4.78 is 5.18. The van der Waals surface area contributed by atoms with Crippen molar-refractivity contribution >= 4 is 6.03 Å². The predicted octanol–water partition coefficient (Wildman–Crippen LogP) is 0.481. The van der Waals surface area contributed by atoms with Crippen LogP contribution in [0.2, 0.25) is 0 Å². The zero-order valence-electron chi connectivity index (χ0n) is 10.0. The van der Waals surface area contributed by atoms with Gasteiger partial charge in [0.15, 0.2) is 0 Å². The third kappa shape index (κ3) is 4.37. The van der Waals surface area contributed by atoms with E-state index in [1.807, 2.05) is 13.8 Å². The zero-order valence-corrected chi connectivity index (χ0v) is 10.0. The first-order valence-electron chi connectivity index (χ1n) is 5.89. The number of carbonyl (C=O) groups is 1. The molecule has 1 heterocycles. The Morgan fingerprint density at radius 3 is 2.81 bits per heavy atom. The van der Waals surface area contributed by atoms with Crippen molar-refractivity contribution in [3.8, 4) is 0 Å². The van der Waals surface area contributed by atoms with Gasteiger partial charge in [-0.25, -0.2) is 4.79 Å². The van der Waals surface area contributed by atoms with Crippen LogP contribution in [-0.2, 0) is 4.74 Å². The van der Waals surface area contributed by atoms with Gasteiger partial charge in [-0.3, -0.25) is 0 Å². The first-order valence-corrected chi connectivity index (χ1v) is 5.89. The Kier molecular flexibility index (Phi) is 5.55. The summed E-state index contributed by atoms with van der Waals surface area (Å²) in [6, 6.07) is -0.0167. The van der Waals surface area contributed by atoms with Crippen molar-refractivity contribution in [2.24, 2.45) is 5.92 Å². The quantitative estimate of drug-likeness (QED) is 0.643. The van der Waals surface area contributed by atoms with Gasteiger partial charge in [-0.2, -0.15) is 0 Å². The zero-order chi connectivity index (χ0) is 12.0. The maximum atomic E-state index is 11.6. The highest BCUT2D eigenvalue weighted by Crippen LogP contribution is 2.06. The van der Waals surface area contributed by atoms with Crippen LogP contribution >= 0.6 is 0 Å². The van der Waals surface area contributed by atoms with Crippen LogP contribution in [0.15, 0.2) is 0 Å². The van der Waals surface area contributed by atoms with Gasteiger partial charge >= 0.3 is 6.03 Å². The smallest absolute Gasteiger partial charge is 0.315 e. The number of urea groups is 1. The van der Waals surface area contributed by atoms with Crippen molar-refractivity contribution in [3.05, 3.63) is 0 Å². The number of aliphatic hydroxyl groups is 1. The molecule has 0 saturated carbocycles. The molecule has 5 heteroatoms. The highest BCUT2D eigenvalue weighted by atomic mass is 16.5. The molecular formula is C11H22N2O3. The summed E-state index contributed by atoms with van der Waals surface area (Å²) in [7, 11) is 0. The molecule has 3 N–H and O–H groups in total. The predicted molar refractivity (Wildman–Crippen MR) is 61.2 cm³/mol. The third-order valence-electron chi connectivity index (χ3n) is 2.83. The molecule has 2 amide bonds. The normalized spacial score (nSPS) is 22.1. The van der Waals surface area contributed by atoms with Gasteiger partial charge in [0, 0.05) is 19.3 Å². The van der Waals surface area contributed by atoms with Gasteiger partial charge in [0.25, 0.3) is 0 Å². The third-order valence-corrected chi connectivity index (χ3v) is 2.83. The summed E-state index contributed by atoms with van der Waals surface area (Å²) in [5.41, 5.74) is 0. The second-order valence-corrected chi connectivity index (χ2v) is 4.54. The molecule has 0 aromatic rings. The lowest BCUT2D eigenvalue weighted by atomic mass is 10.0. The lowest BCUT2D eigenvalue weighted by molar-refractivity contribution is 0.186. The minimum atomic E-state index is -0.164. The molecule has 0 radical (unpaired) electrons. The number of carbonyl (C=O) groups excluding carboxylic acids is 1. The maximum absolute atomic E-state index is 11.6. The van der Waals surface area contributed by atoms with Crippen LogP contribution in [0.3, 0.4) is 0 Å². The average Bonchev–Trinajstić information content (AvgIpc) is 2.69. The van der Waals surface area contributed by atoms with Crippen molar-refractivity contribution in [1.29, 1.82) is 0 Å². The standard InChI is InChI=1S/C11H22N2O3/c1-8(2)10(3-5-14)13-11(15)12-9-4-6-16-7-9/h8-10,14H,3-7H2,1-2H3,(H2,12,13,15).